The van der Waals surface area contributed by atoms with Crippen molar-refractivity contribution in [3.63, 3.8) is 0 Å². The molecule has 1 N–H and O–H groups in total. The predicted octanol–water partition coefficient (Wildman–Crippen LogP) is 3.11. The number of hydrogen-bond donors (Lipinski definition) is 1. The van der Waals surface area contributed by atoms with Gasteiger partial charge in [0, 0.05) is 11.6 Å². The van der Waals surface area contributed by atoms with Crippen LogP contribution in [-0.2, 0) is 6.54 Å². The minimum atomic E-state index is 0.516. The van der Waals surface area contributed by atoms with Crippen molar-refractivity contribution in [2.75, 3.05) is 13.7 Å². The van der Waals surface area contributed by atoms with E-state index in [-0.39, 0.29) is 0 Å². The third-order valence-electron chi connectivity index (χ3n) is 2.50. The lowest BCUT2D eigenvalue weighted by Gasteiger charge is -2.05. The van der Waals surface area contributed by atoms with Gasteiger partial charge in [0.2, 0.25) is 5.89 Å². The SMILES string of the molecule is CCNCc1coc(-c2cc(Cl)ccc2OC)n1. The van der Waals surface area contributed by atoms with Crippen LogP contribution in [0.15, 0.2) is 28.9 Å². The third kappa shape index (κ3) is 2.83. The average Bonchev–Trinajstić information content (AvgIpc) is 2.85. The first-order chi connectivity index (χ1) is 8.74. The van der Waals surface area contributed by atoms with Gasteiger partial charge in [-0.15, -0.1) is 0 Å². The van der Waals surface area contributed by atoms with Gasteiger partial charge in [-0.2, -0.15) is 0 Å². The molecular formula is C13H15ClN2O2. The first kappa shape index (κ1) is 12.9. The van der Waals surface area contributed by atoms with E-state index < -0.39 is 0 Å². The van der Waals surface area contributed by atoms with E-state index in [1.54, 1.807) is 31.6 Å². The molecule has 0 spiro atoms. The van der Waals surface area contributed by atoms with Crippen LogP contribution in [0.3, 0.4) is 0 Å². The molecule has 0 unspecified atom stereocenters. The summed E-state index contributed by atoms with van der Waals surface area (Å²) in [6.07, 6.45) is 1.64. The van der Waals surface area contributed by atoms with Crippen LogP contribution < -0.4 is 10.1 Å². The maximum Gasteiger partial charge on any atom is 0.230 e. The lowest BCUT2D eigenvalue weighted by atomic mass is 10.2. The van der Waals surface area contributed by atoms with Gasteiger partial charge in [0.05, 0.1) is 18.4 Å². The zero-order valence-electron chi connectivity index (χ0n) is 10.4. The van der Waals surface area contributed by atoms with Crippen molar-refractivity contribution >= 4 is 11.6 Å². The average molecular weight is 267 g/mol. The highest BCUT2D eigenvalue weighted by molar-refractivity contribution is 6.30. The zero-order chi connectivity index (χ0) is 13.0. The molecule has 0 radical (unpaired) electrons. The molecule has 0 saturated heterocycles. The Morgan fingerprint density at radius 3 is 3.00 bits per heavy atom. The summed E-state index contributed by atoms with van der Waals surface area (Å²) >= 11 is 5.98. The fourth-order valence-electron chi connectivity index (χ4n) is 1.61. The Bertz CT molecular complexity index is 525. The molecule has 2 rings (SSSR count). The molecule has 0 fully saturated rings. The van der Waals surface area contributed by atoms with Crippen molar-refractivity contribution in [1.82, 2.24) is 10.3 Å². The number of rotatable bonds is 5. The van der Waals surface area contributed by atoms with Crippen LogP contribution in [0.2, 0.25) is 5.02 Å². The minimum absolute atomic E-state index is 0.516. The second-order valence-electron chi connectivity index (χ2n) is 3.77. The predicted molar refractivity (Wildman–Crippen MR) is 70.9 cm³/mol. The first-order valence-corrected chi connectivity index (χ1v) is 6.11. The number of benzene rings is 1. The van der Waals surface area contributed by atoms with Crippen LogP contribution in [0.1, 0.15) is 12.6 Å². The molecule has 0 amide bonds. The van der Waals surface area contributed by atoms with Crippen molar-refractivity contribution in [2.45, 2.75) is 13.5 Å². The van der Waals surface area contributed by atoms with Crippen molar-refractivity contribution in [2.24, 2.45) is 0 Å². The van der Waals surface area contributed by atoms with Gasteiger partial charge in [-0.3, -0.25) is 0 Å². The summed E-state index contributed by atoms with van der Waals surface area (Å²) in [6, 6.07) is 5.35. The maximum atomic E-state index is 5.98. The quantitative estimate of drug-likeness (QED) is 0.903. The number of nitrogens with zero attached hydrogens (tertiary/aromatic N) is 1. The van der Waals surface area contributed by atoms with Crippen LogP contribution in [0, 0.1) is 0 Å². The summed E-state index contributed by atoms with van der Waals surface area (Å²) in [5.41, 5.74) is 1.61. The Hall–Kier alpha value is -1.52. The molecule has 0 saturated carbocycles. The Morgan fingerprint density at radius 1 is 1.44 bits per heavy atom. The summed E-state index contributed by atoms with van der Waals surface area (Å²) in [6.45, 7) is 3.62. The molecule has 0 aliphatic heterocycles. The number of hydrogen-bond acceptors (Lipinski definition) is 4. The Morgan fingerprint density at radius 2 is 2.28 bits per heavy atom. The van der Waals surface area contributed by atoms with Gasteiger partial charge < -0.3 is 14.5 Å². The molecule has 0 atom stereocenters. The van der Waals surface area contributed by atoms with E-state index in [2.05, 4.69) is 10.3 Å². The normalized spacial score (nSPS) is 10.6. The number of methoxy groups -OCH3 is 1. The molecule has 96 valence electrons. The number of ether oxygens (including phenoxy) is 1. The van der Waals surface area contributed by atoms with Crippen LogP contribution in [0.4, 0.5) is 0 Å². The van der Waals surface area contributed by atoms with Crippen LogP contribution in [0.5, 0.6) is 5.75 Å². The van der Waals surface area contributed by atoms with Crippen molar-refractivity contribution in [3.05, 3.63) is 35.2 Å². The Labute approximate surface area is 111 Å². The summed E-state index contributed by atoms with van der Waals surface area (Å²) in [7, 11) is 1.61. The topological polar surface area (TPSA) is 47.3 Å². The standard InChI is InChI=1S/C13H15ClN2O2/c1-3-15-7-10-8-18-13(16-10)11-6-9(14)4-5-12(11)17-2/h4-6,8,15H,3,7H2,1-2H3. The Balaban J connectivity index is 2.30. The van der Waals surface area contributed by atoms with E-state index in [0.29, 0.717) is 23.2 Å². The fraction of sp³-hybridized carbons (Fsp3) is 0.308. The van der Waals surface area contributed by atoms with Gasteiger partial charge in [0.15, 0.2) is 0 Å². The number of aromatic nitrogens is 1. The van der Waals surface area contributed by atoms with Crippen LogP contribution in [-0.4, -0.2) is 18.6 Å². The smallest absolute Gasteiger partial charge is 0.230 e. The maximum absolute atomic E-state index is 5.98. The number of nitrogens with one attached hydrogen (secondary N) is 1. The lowest BCUT2D eigenvalue weighted by molar-refractivity contribution is 0.414. The molecule has 5 heteroatoms. The van der Waals surface area contributed by atoms with Gasteiger partial charge >= 0.3 is 0 Å². The molecule has 4 nitrogen and oxygen atoms in total. The second-order valence-corrected chi connectivity index (χ2v) is 4.21. The van der Waals surface area contributed by atoms with Crippen molar-refractivity contribution < 1.29 is 9.15 Å². The van der Waals surface area contributed by atoms with E-state index in [4.69, 9.17) is 20.8 Å². The molecule has 1 aromatic heterocycles. The summed E-state index contributed by atoms with van der Waals surface area (Å²) < 4.78 is 10.7. The molecule has 18 heavy (non-hydrogen) atoms. The fourth-order valence-corrected chi connectivity index (χ4v) is 1.78. The van der Waals surface area contributed by atoms with Gasteiger partial charge in [-0.25, -0.2) is 4.98 Å². The molecule has 1 heterocycles. The number of oxazole rings is 1. The summed E-state index contributed by atoms with van der Waals surface area (Å²) in [5, 5.41) is 3.81. The lowest BCUT2D eigenvalue weighted by Crippen LogP contribution is -2.11. The molecule has 0 aliphatic carbocycles. The van der Waals surface area contributed by atoms with E-state index >= 15 is 0 Å². The monoisotopic (exact) mass is 266 g/mol. The van der Waals surface area contributed by atoms with Gasteiger partial charge in [-0.05, 0) is 24.7 Å². The summed E-state index contributed by atoms with van der Waals surface area (Å²) in [5.74, 6) is 1.21. The van der Waals surface area contributed by atoms with Crippen LogP contribution in [0.25, 0.3) is 11.5 Å². The van der Waals surface area contributed by atoms with E-state index in [9.17, 15) is 0 Å². The van der Waals surface area contributed by atoms with E-state index in [0.717, 1.165) is 17.8 Å². The van der Waals surface area contributed by atoms with Gasteiger partial charge in [0.1, 0.15) is 12.0 Å². The summed E-state index contributed by atoms with van der Waals surface area (Å²) in [4.78, 5) is 4.40. The van der Waals surface area contributed by atoms with Crippen LogP contribution >= 0.6 is 11.6 Å². The Kier molecular flexibility index (Phi) is 4.23. The highest BCUT2D eigenvalue weighted by Gasteiger charge is 2.12. The third-order valence-corrected chi connectivity index (χ3v) is 2.73. The molecule has 2 aromatic rings. The van der Waals surface area contributed by atoms with Gasteiger partial charge in [-0.1, -0.05) is 18.5 Å². The largest absolute Gasteiger partial charge is 0.496 e. The number of halogens is 1. The minimum Gasteiger partial charge on any atom is -0.496 e. The second kappa shape index (κ2) is 5.89. The van der Waals surface area contributed by atoms with E-state index in [1.807, 2.05) is 6.92 Å². The molecule has 0 aliphatic rings. The first-order valence-electron chi connectivity index (χ1n) is 5.73. The molecule has 1 aromatic carbocycles. The van der Waals surface area contributed by atoms with Crippen molar-refractivity contribution in [1.29, 1.82) is 0 Å². The van der Waals surface area contributed by atoms with Crippen molar-refractivity contribution in [3.8, 4) is 17.2 Å². The van der Waals surface area contributed by atoms with Gasteiger partial charge in [0.25, 0.3) is 0 Å². The molecule has 0 bridgehead atoms. The molecular weight excluding hydrogens is 252 g/mol. The zero-order valence-corrected chi connectivity index (χ0v) is 11.1. The highest BCUT2D eigenvalue weighted by Crippen LogP contribution is 2.31. The highest BCUT2D eigenvalue weighted by atomic mass is 35.5. The van der Waals surface area contributed by atoms with E-state index in [1.165, 1.54) is 0 Å².